The molecule has 6 nitrogen and oxygen atoms in total. The quantitative estimate of drug-likeness (QED) is 0.622. The van der Waals surface area contributed by atoms with Crippen LogP contribution in [0.2, 0.25) is 5.02 Å². The molecular formula is C20H21ClF3N3O3S2. The first-order valence-electron chi connectivity index (χ1n) is 9.55. The standard InChI is InChI=1S/C20H21ClF3N3O3S2/c1-30-15-4-2-14(3-5-15)13-25-19(31)26-8-10-27(11-9-26)32(28,29)16-6-7-18(21)17(12-16)20(22,23)24/h2-7,12H,8-11,13H2,1H3,(H,25,31). The van der Waals surface area contributed by atoms with Gasteiger partial charge in [0.1, 0.15) is 5.75 Å². The summed E-state index contributed by atoms with van der Waals surface area (Å²) in [5.41, 5.74) is -0.180. The number of piperazine rings is 1. The second-order valence-corrected chi connectivity index (χ2v) is 9.77. The molecule has 1 heterocycles. The number of ether oxygens (including phenoxy) is 1. The molecular weight excluding hydrogens is 487 g/mol. The van der Waals surface area contributed by atoms with E-state index in [0.29, 0.717) is 30.8 Å². The highest BCUT2D eigenvalue weighted by Crippen LogP contribution is 2.36. The van der Waals surface area contributed by atoms with E-state index < -0.39 is 31.7 Å². The van der Waals surface area contributed by atoms with E-state index in [9.17, 15) is 21.6 Å². The molecule has 0 bridgehead atoms. The first-order valence-corrected chi connectivity index (χ1v) is 11.8. The Balaban J connectivity index is 1.60. The predicted octanol–water partition coefficient (Wildman–Crippen LogP) is 3.75. The number of halogens is 4. The summed E-state index contributed by atoms with van der Waals surface area (Å²) in [5, 5.41) is 3.06. The number of methoxy groups -OCH3 is 1. The molecule has 0 saturated carbocycles. The minimum absolute atomic E-state index is 0.0939. The van der Waals surface area contributed by atoms with E-state index in [1.54, 1.807) is 7.11 Å². The van der Waals surface area contributed by atoms with Crippen molar-refractivity contribution in [1.82, 2.24) is 14.5 Å². The summed E-state index contributed by atoms with van der Waals surface area (Å²) in [6.45, 7) is 1.31. The maximum absolute atomic E-state index is 13.1. The fraction of sp³-hybridized carbons (Fsp3) is 0.350. The molecule has 32 heavy (non-hydrogen) atoms. The van der Waals surface area contributed by atoms with Crippen LogP contribution in [0.5, 0.6) is 5.75 Å². The normalized spacial score (nSPS) is 15.5. The minimum atomic E-state index is -4.75. The minimum Gasteiger partial charge on any atom is -0.497 e. The van der Waals surface area contributed by atoms with Gasteiger partial charge in [-0.3, -0.25) is 0 Å². The van der Waals surface area contributed by atoms with E-state index in [1.807, 2.05) is 29.2 Å². The van der Waals surface area contributed by atoms with Gasteiger partial charge in [-0.1, -0.05) is 23.7 Å². The van der Waals surface area contributed by atoms with Gasteiger partial charge in [0, 0.05) is 32.7 Å². The molecule has 1 N–H and O–H groups in total. The van der Waals surface area contributed by atoms with Gasteiger partial charge < -0.3 is 15.0 Å². The van der Waals surface area contributed by atoms with Crippen LogP contribution in [0.15, 0.2) is 47.4 Å². The fourth-order valence-electron chi connectivity index (χ4n) is 3.20. The summed E-state index contributed by atoms with van der Waals surface area (Å²) in [6, 6.07) is 10.1. The number of benzene rings is 2. The van der Waals surface area contributed by atoms with E-state index in [-0.39, 0.29) is 13.1 Å². The van der Waals surface area contributed by atoms with Crippen molar-refractivity contribution in [3.05, 3.63) is 58.6 Å². The zero-order valence-corrected chi connectivity index (χ0v) is 19.4. The third-order valence-electron chi connectivity index (χ3n) is 5.01. The Morgan fingerprint density at radius 1 is 1.12 bits per heavy atom. The zero-order valence-electron chi connectivity index (χ0n) is 17.0. The van der Waals surface area contributed by atoms with Gasteiger partial charge in [-0.25, -0.2) is 8.42 Å². The Kier molecular flexibility index (Phi) is 7.53. The number of sulfonamides is 1. The predicted molar refractivity (Wildman–Crippen MR) is 119 cm³/mol. The van der Waals surface area contributed by atoms with Crippen molar-refractivity contribution >= 4 is 39.0 Å². The van der Waals surface area contributed by atoms with Gasteiger partial charge in [0.2, 0.25) is 10.0 Å². The molecule has 2 aromatic rings. The first-order chi connectivity index (χ1) is 15.0. The third kappa shape index (κ3) is 5.64. The van der Waals surface area contributed by atoms with Crippen LogP contribution < -0.4 is 10.1 Å². The number of hydrogen-bond donors (Lipinski definition) is 1. The Labute approximate surface area is 195 Å². The summed E-state index contributed by atoms with van der Waals surface area (Å²) in [6.07, 6.45) is -4.75. The number of nitrogens with zero attached hydrogens (tertiary/aromatic N) is 2. The highest BCUT2D eigenvalue weighted by Gasteiger charge is 2.36. The summed E-state index contributed by atoms with van der Waals surface area (Å²) < 4.78 is 71.3. The van der Waals surface area contributed by atoms with Crippen LogP contribution in [0.1, 0.15) is 11.1 Å². The van der Waals surface area contributed by atoms with Gasteiger partial charge in [-0.05, 0) is 48.1 Å². The molecule has 1 aliphatic rings. The second-order valence-electron chi connectivity index (χ2n) is 7.04. The van der Waals surface area contributed by atoms with Crippen LogP contribution in [0.25, 0.3) is 0 Å². The topological polar surface area (TPSA) is 61.9 Å². The Hall–Kier alpha value is -2.08. The Bertz CT molecular complexity index is 1070. The molecule has 0 aliphatic carbocycles. The van der Waals surface area contributed by atoms with Crippen molar-refractivity contribution in [3.63, 3.8) is 0 Å². The maximum Gasteiger partial charge on any atom is 0.417 e. The highest BCUT2D eigenvalue weighted by molar-refractivity contribution is 7.89. The largest absolute Gasteiger partial charge is 0.497 e. The van der Waals surface area contributed by atoms with E-state index in [4.69, 9.17) is 28.6 Å². The smallest absolute Gasteiger partial charge is 0.417 e. The van der Waals surface area contributed by atoms with Crippen LogP contribution in [0.4, 0.5) is 13.2 Å². The molecule has 1 saturated heterocycles. The van der Waals surface area contributed by atoms with Crippen LogP contribution >= 0.6 is 23.8 Å². The number of thiocarbonyl (C=S) groups is 1. The van der Waals surface area contributed by atoms with E-state index >= 15 is 0 Å². The van der Waals surface area contributed by atoms with E-state index in [0.717, 1.165) is 27.8 Å². The lowest BCUT2D eigenvalue weighted by Crippen LogP contribution is -2.52. The highest BCUT2D eigenvalue weighted by atomic mass is 35.5. The second kappa shape index (κ2) is 9.82. The van der Waals surface area contributed by atoms with Crippen molar-refractivity contribution in [3.8, 4) is 5.75 Å². The monoisotopic (exact) mass is 507 g/mol. The summed E-state index contributed by atoms with van der Waals surface area (Å²) in [7, 11) is -2.51. The molecule has 0 aromatic heterocycles. The van der Waals surface area contributed by atoms with Crippen molar-refractivity contribution in [2.75, 3.05) is 33.3 Å². The molecule has 3 rings (SSSR count). The Morgan fingerprint density at radius 3 is 2.31 bits per heavy atom. The van der Waals surface area contributed by atoms with Gasteiger partial charge in [0.05, 0.1) is 22.6 Å². The SMILES string of the molecule is COc1ccc(CNC(=S)N2CCN(S(=O)(=O)c3ccc(Cl)c(C(F)(F)F)c3)CC2)cc1. The van der Waals surface area contributed by atoms with Crippen LogP contribution in [0, 0.1) is 0 Å². The first kappa shape index (κ1) is 24.6. The number of hydrogen-bond acceptors (Lipinski definition) is 4. The molecule has 174 valence electrons. The average Bonchev–Trinajstić information content (AvgIpc) is 2.77. The van der Waals surface area contributed by atoms with E-state index in [2.05, 4.69) is 5.32 Å². The van der Waals surface area contributed by atoms with Gasteiger partial charge in [-0.15, -0.1) is 0 Å². The fourth-order valence-corrected chi connectivity index (χ4v) is 5.12. The lowest BCUT2D eigenvalue weighted by atomic mass is 10.2. The molecule has 0 atom stereocenters. The molecule has 0 amide bonds. The van der Waals surface area contributed by atoms with Crippen LogP contribution in [0.3, 0.4) is 0 Å². The van der Waals surface area contributed by atoms with Crippen LogP contribution in [-0.2, 0) is 22.7 Å². The van der Waals surface area contributed by atoms with Gasteiger partial charge in [0.25, 0.3) is 0 Å². The van der Waals surface area contributed by atoms with Gasteiger partial charge in [0.15, 0.2) is 5.11 Å². The lowest BCUT2D eigenvalue weighted by Gasteiger charge is -2.35. The molecule has 1 aliphatic heterocycles. The van der Waals surface area contributed by atoms with Crippen molar-refractivity contribution < 1.29 is 26.3 Å². The number of nitrogens with one attached hydrogen (secondary N) is 1. The average molecular weight is 508 g/mol. The molecule has 0 unspecified atom stereocenters. The van der Waals surface area contributed by atoms with E-state index in [1.165, 1.54) is 0 Å². The number of rotatable bonds is 5. The summed E-state index contributed by atoms with van der Waals surface area (Å²) >= 11 is 11.0. The Morgan fingerprint density at radius 2 is 1.75 bits per heavy atom. The molecule has 0 spiro atoms. The third-order valence-corrected chi connectivity index (χ3v) is 7.64. The molecule has 0 radical (unpaired) electrons. The maximum atomic E-state index is 13.1. The van der Waals surface area contributed by atoms with Crippen molar-refractivity contribution in [1.29, 1.82) is 0 Å². The summed E-state index contributed by atoms with van der Waals surface area (Å²) in [5.74, 6) is 0.747. The van der Waals surface area contributed by atoms with Crippen molar-refractivity contribution in [2.24, 2.45) is 0 Å². The van der Waals surface area contributed by atoms with Gasteiger partial charge in [-0.2, -0.15) is 17.5 Å². The number of alkyl halides is 3. The molecule has 2 aromatic carbocycles. The van der Waals surface area contributed by atoms with Crippen LogP contribution in [-0.4, -0.2) is 56.0 Å². The lowest BCUT2D eigenvalue weighted by molar-refractivity contribution is -0.137. The van der Waals surface area contributed by atoms with Crippen molar-refractivity contribution in [2.45, 2.75) is 17.6 Å². The van der Waals surface area contributed by atoms with Gasteiger partial charge >= 0.3 is 6.18 Å². The zero-order chi connectivity index (χ0) is 23.5. The molecule has 12 heteroatoms. The molecule has 1 fully saturated rings. The summed E-state index contributed by atoms with van der Waals surface area (Å²) in [4.78, 5) is 1.39.